The van der Waals surface area contributed by atoms with Crippen LogP contribution in [0.2, 0.25) is 0 Å². The summed E-state index contributed by atoms with van der Waals surface area (Å²) < 4.78 is 0. The number of hydrogen-bond donors (Lipinski definition) is 1. The summed E-state index contributed by atoms with van der Waals surface area (Å²) in [4.78, 5) is 33.9. The first-order valence-corrected chi connectivity index (χ1v) is 10.8. The molecule has 0 spiro atoms. The SMILES string of the molecule is CC(C)CCNC(=O)C1CCC(C(=O)N2CCN(c3ccccn3)CC2)CC1. The van der Waals surface area contributed by atoms with E-state index in [9.17, 15) is 9.59 Å². The van der Waals surface area contributed by atoms with Crippen LogP contribution >= 0.6 is 0 Å². The molecule has 6 heteroatoms. The lowest BCUT2D eigenvalue weighted by molar-refractivity contribution is -0.138. The number of carbonyl (C=O) groups is 2. The van der Waals surface area contributed by atoms with Crippen molar-refractivity contribution in [2.75, 3.05) is 37.6 Å². The number of hydrogen-bond acceptors (Lipinski definition) is 4. The first-order chi connectivity index (χ1) is 13.5. The molecule has 1 N–H and O–H groups in total. The van der Waals surface area contributed by atoms with Crippen LogP contribution in [0.4, 0.5) is 5.82 Å². The van der Waals surface area contributed by atoms with Crippen molar-refractivity contribution in [1.29, 1.82) is 0 Å². The first kappa shape index (κ1) is 20.6. The van der Waals surface area contributed by atoms with E-state index in [1.807, 2.05) is 29.3 Å². The predicted octanol–water partition coefficient (Wildman–Crippen LogP) is 2.70. The molecule has 1 aromatic rings. The zero-order valence-corrected chi connectivity index (χ0v) is 17.3. The Hall–Kier alpha value is -2.11. The van der Waals surface area contributed by atoms with Gasteiger partial charge >= 0.3 is 0 Å². The van der Waals surface area contributed by atoms with E-state index in [1.54, 1.807) is 0 Å². The van der Waals surface area contributed by atoms with Crippen molar-refractivity contribution in [1.82, 2.24) is 15.2 Å². The summed E-state index contributed by atoms with van der Waals surface area (Å²) in [5.74, 6) is 2.21. The maximum absolute atomic E-state index is 12.9. The van der Waals surface area contributed by atoms with Gasteiger partial charge in [-0.1, -0.05) is 19.9 Å². The van der Waals surface area contributed by atoms with Gasteiger partial charge in [0.05, 0.1) is 0 Å². The van der Waals surface area contributed by atoms with Gasteiger partial charge in [-0.2, -0.15) is 0 Å². The summed E-state index contributed by atoms with van der Waals surface area (Å²) in [6.07, 6.45) is 6.16. The molecule has 2 aliphatic rings. The van der Waals surface area contributed by atoms with Crippen molar-refractivity contribution in [2.45, 2.75) is 46.0 Å². The van der Waals surface area contributed by atoms with Crippen LogP contribution in [0.5, 0.6) is 0 Å². The van der Waals surface area contributed by atoms with Gasteiger partial charge in [-0.25, -0.2) is 4.98 Å². The van der Waals surface area contributed by atoms with E-state index in [0.29, 0.717) is 5.92 Å². The van der Waals surface area contributed by atoms with E-state index in [2.05, 4.69) is 29.0 Å². The molecule has 28 heavy (non-hydrogen) atoms. The maximum atomic E-state index is 12.9. The minimum atomic E-state index is 0.0808. The summed E-state index contributed by atoms with van der Waals surface area (Å²) >= 11 is 0. The molecule has 1 saturated carbocycles. The second kappa shape index (κ2) is 9.89. The second-order valence-electron chi connectivity index (χ2n) is 8.52. The van der Waals surface area contributed by atoms with E-state index in [0.717, 1.165) is 70.6 Å². The molecular weight excluding hydrogens is 352 g/mol. The van der Waals surface area contributed by atoms with Crippen molar-refractivity contribution >= 4 is 17.6 Å². The Balaban J connectivity index is 1.40. The number of aromatic nitrogens is 1. The fourth-order valence-corrected chi connectivity index (χ4v) is 4.19. The van der Waals surface area contributed by atoms with Crippen molar-refractivity contribution < 1.29 is 9.59 Å². The van der Waals surface area contributed by atoms with Gasteiger partial charge < -0.3 is 15.1 Å². The normalized spacial score (nSPS) is 23.0. The third kappa shape index (κ3) is 5.46. The molecular formula is C22H34N4O2. The number of pyridine rings is 1. The van der Waals surface area contributed by atoms with E-state index in [1.165, 1.54) is 0 Å². The third-order valence-electron chi connectivity index (χ3n) is 6.03. The third-order valence-corrected chi connectivity index (χ3v) is 6.03. The zero-order chi connectivity index (χ0) is 19.9. The highest BCUT2D eigenvalue weighted by molar-refractivity contribution is 5.81. The number of rotatable bonds is 6. The van der Waals surface area contributed by atoms with Gasteiger partial charge in [0.2, 0.25) is 11.8 Å². The summed E-state index contributed by atoms with van der Waals surface area (Å²) in [5, 5.41) is 3.07. The number of amides is 2. The molecule has 2 fully saturated rings. The highest BCUT2D eigenvalue weighted by atomic mass is 16.2. The van der Waals surface area contributed by atoms with E-state index in [4.69, 9.17) is 0 Å². The smallest absolute Gasteiger partial charge is 0.225 e. The lowest BCUT2D eigenvalue weighted by atomic mass is 9.80. The van der Waals surface area contributed by atoms with Crippen LogP contribution in [-0.2, 0) is 9.59 Å². The Morgan fingerprint density at radius 3 is 2.36 bits per heavy atom. The number of piperazine rings is 1. The summed E-state index contributed by atoms with van der Waals surface area (Å²) in [5.41, 5.74) is 0. The monoisotopic (exact) mass is 386 g/mol. The van der Waals surface area contributed by atoms with Crippen molar-refractivity contribution in [3.8, 4) is 0 Å². The van der Waals surface area contributed by atoms with Gasteiger partial charge in [0, 0.05) is 50.8 Å². The van der Waals surface area contributed by atoms with Crippen LogP contribution in [0.1, 0.15) is 46.0 Å². The van der Waals surface area contributed by atoms with E-state index < -0.39 is 0 Å². The standard InChI is InChI=1S/C22H34N4O2/c1-17(2)10-12-24-21(27)18-6-8-19(9-7-18)22(28)26-15-13-25(14-16-26)20-5-3-4-11-23-20/h3-5,11,17-19H,6-10,12-16H2,1-2H3,(H,24,27). The molecule has 1 aromatic heterocycles. The number of nitrogens with zero attached hydrogens (tertiary/aromatic N) is 3. The molecule has 2 amide bonds. The van der Waals surface area contributed by atoms with Gasteiger partial charge in [-0.05, 0) is 50.2 Å². The van der Waals surface area contributed by atoms with E-state index >= 15 is 0 Å². The number of nitrogens with one attached hydrogen (secondary N) is 1. The number of anilines is 1. The Labute approximate surface area is 168 Å². The number of carbonyl (C=O) groups excluding carboxylic acids is 2. The van der Waals surface area contributed by atoms with Crippen molar-refractivity contribution in [3.05, 3.63) is 24.4 Å². The van der Waals surface area contributed by atoms with Crippen LogP contribution in [0.25, 0.3) is 0 Å². The molecule has 6 nitrogen and oxygen atoms in total. The summed E-state index contributed by atoms with van der Waals surface area (Å²) in [6, 6.07) is 5.94. The first-order valence-electron chi connectivity index (χ1n) is 10.8. The molecule has 0 bridgehead atoms. The van der Waals surface area contributed by atoms with Crippen LogP contribution in [-0.4, -0.2) is 54.4 Å². The molecule has 1 saturated heterocycles. The minimum absolute atomic E-state index is 0.0808. The van der Waals surface area contributed by atoms with Crippen LogP contribution in [0, 0.1) is 17.8 Å². The minimum Gasteiger partial charge on any atom is -0.356 e. The molecule has 3 rings (SSSR count). The molecule has 1 aliphatic carbocycles. The summed E-state index contributed by atoms with van der Waals surface area (Å²) in [6.45, 7) is 8.26. The summed E-state index contributed by atoms with van der Waals surface area (Å²) in [7, 11) is 0. The lowest BCUT2D eigenvalue weighted by Crippen LogP contribution is -2.51. The Morgan fingerprint density at radius 1 is 1.07 bits per heavy atom. The van der Waals surface area contributed by atoms with E-state index in [-0.39, 0.29) is 23.7 Å². The molecule has 154 valence electrons. The van der Waals surface area contributed by atoms with Crippen molar-refractivity contribution in [3.63, 3.8) is 0 Å². The highest BCUT2D eigenvalue weighted by Gasteiger charge is 2.33. The Morgan fingerprint density at radius 2 is 1.75 bits per heavy atom. The molecule has 0 atom stereocenters. The largest absolute Gasteiger partial charge is 0.356 e. The van der Waals surface area contributed by atoms with Crippen LogP contribution in [0.3, 0.4) is 0 Å². The average Bonchev–Trinajstić information content (AvgIpc) is 2.74. The topological polar surface area (TPSA) is 65.5 Å². The molecule has 0 aromatic carbocycles. The lowest BCUT2D eigenvalue weighted by Gasteiger charge is -2.38. The van der Waals surface area contributed by atoms with Gasteiger partial charge in [0.1, 0.15) is 5.82 Å². The quantitative estimate of drug-likeness (QED) is 0.816. The Kier molecular flexibility index (Phi) is 7.29. The van der Waals surface area contributed by atoms with Gasteiger partial charge in [0.25, 0.3) is 0 Å². The fraction of sp³-hybridized carbons (Fsp3) is 0.682. The predicted molar refractivity (Wildman–Crippen MR) is 111 cm³/mol. The Bertz CT molecular complexity index is 633. The zero-order valence-electron chi connectivity index (χ0n) is 17.3. The van der Waals surface area contributed by atoms with Crippen LogP contribution in [0.15, 0.2) is 24.4 Å². The van der Waals surface area contributed by atoms with Gasteiger partial charge in [-0.15, -0.1) is 0 Å². The van der Waals surface area contributed by atoms with Crippen molar-refractivity contribution in [2.24, 2.45) is 17.8 Å². The molecule has 0 radical (unpaired) electrons. The second-order valence-corrected chi connectivity index (χ2v) is 8.52. The van der Waals surface area contributed by atoms with Gasteiger partial charge in [0.15, 0.2) is 0 Å². The molecule has 2 heterocycles. The molecule has 1 aliphatic heterocycles. The highest BCUT2D eigenvalue weighted by Crippen LogP contribution is 2.30. The van der Waals surface area contributed by atoms with Gasteiger partial charge in [-0.3, -0.25) is 9.59 Å². The van der Waals surface area contributed by atoms with Crippen LogP contribution < -0.4 is 10.2 Å². The molecule has 0 unspecified atom stereocenters. The maximum Gasteiger partial charge on any atom is 0.225 e. The fourth-order valence-electron chi connectivity index (χ4n) is 4.19. The average molecular weight is 387 g/mol.